The number of carbonyl (C=O) groups is 2. The summed E-state index contributed by atoms with van der Waals surface area (Å²) in [5.41, 5.74) is 0.575. The molecule has 0 spiro atoms. The van der Waals surface area contributed by atoms with Gasteiger partial charge in [0.2, 0.25) is 5.91 Å². The highest BCUT2D eigenvalue weighted by molar-refractivity contribution is 6.31. The van der Waals surface area contributed by atoms with E-state index >= 15 is 0 Å². The lowest BCUT2D eigenvalue weighted by atomic mass is 10.1. The van der Waals surface area contributed by atoms with Crippen molar-refractivity contribution in [3.63, 3.8) is 0 Å². The van der Waals surface area contributed by atoms with Crippen LogP contribution < -0.4 is 9.80 Å². The maximum Gasteiger partial charge on any atom is 0.325 e. The van der Waals surface area contributed by atoms with Gasteiger partial charge in [0.1, 0.15) is 12.6 Å². The Morgan fingerprint density at radius 1 is 1.60 bits per heavy atom. The van der Waals surface area contributed by atoms with Crippen LogP contribution in [0, 0.1) is 0 Å². The first kappa shape index (κ1) is 13.2. The maximum atomic E-state index is 12.5. The number of amides is 1. The summed E-state index contributed by atoms with van der Waals surface area (Å²) < 4.78 is 4.66. The van der Waals surface area contributed by atoms with Crippen LogP contribution in [0.25, 0.3) is 0 Å². The summed E-state index contributed by atoms with van der Waals surface area (Å²) in [6, 6.07) is 1.43. The Balaban J connectivity index is 2.05. The molecule has 6 nitrogen and oxygen atoms in total. The van der Waals surface area contributed by atoms with Crippen LogP contribution in [0.5, 0.6) is 0 Å². The SMILES string of the molecule is COC(=O)CN1C(=O)C2CCCN2c2ncc(Cl)cc21. The monoisotopic (exact) mass is 295 g/mol. The van der Waals surface area contributed by atoms with Gasteiger partial charge in [-0.25, -0.2) is 4.98 Å². The summed E-state index contributed by atoms with van der Waals surface area (Å²) in [7, 11) is 1.30. The molecule has 1 aromatic heterocycles. The second-order valence-corrected chi connectivity index (χ2v) is 5.28. The molecule has 1 unspecified atom stereocenters. The number of esters is 1. The molecule has 20 heavy (non-hydrogen) atoms. The van der Waals surface area contributed by atoms with E-state index in [0.29, 0.717) is 16.5 Å². The van der Waals surface area contributed by atoms with E-state index in [9.17, 15) is 9.59 Å². The van der Waals surface area contributed by atoms with E-state index in [4.69, 9.17) is 11.6 Å². The zero-order chi connectivity index (χ0) is 14.3. The summed E-state index contributed by atoms with van der Waals surface area (Å²) in [5, 5.41) is 0.434. The molecule has 1 aromatic rings. The van der Waals surface area contributed by atoms with Gasteiger partial charge in [0.25, 0.3) is 0 Å². The third kappa shape index (κ3) is 2.00. The summed E-state index contributed by atoms with van der Waals surface area (Å²) in [4.78, 5) is 31.8. The summed E-state index contributed by atoms with van der Waals surface area (Å²) in [6.07, 6.45) is 3.27. The number of carbonyl (C=O) groups excluding carboxylic acids is 2. The second kappa shape index (κ2) is 4.94. The zero-order valence-electron chi connectivity index (χ0n) is 11.0. The number of rotatable bonds is 2. The number of ether oxygens (including phenoxy) is 1. The van der Waals surface area contributed by atoms with Crippen LogP contribution in [0.4, 0.5) is 11.5 Å². The molecular formula is C13H14ClN3O3. The van der Waals surface area contributed by atoms with Gasteiger partial charge in [-0.3, -0.25) is 14.5 Å². The molecule has 3 heterocycles. The average molecular weight is 296 g/mol. The number of nitrogens with zero attached hydrogens (tertiary/aromatic N) is 3. The molecule has 1 fully saturated rings. The first-order chi connectivity index (χ1) is 9.61. The van der Waals surface area contributed by atoms with Gasteiger partial charge in [0.15, 0.2) is 5.82 Å². The molecule has 1 saturated heterocycles. The lowest BCUT2D eigenvalue weighted by Gasteiger charge is -2.37. The molecule has 3 rings (SSSR count). The average Bonchev–Trinajstić information content (AvgIpc) is 2.92. The van der Waals surface area contributed by atoms with Crippen LogP contribution in [0.15, 0.2) is 12.3 Å². The van der Waals surface area contributed by atoms with Crippen molar-refractivity contribution in [1.29, 1.82) is 0 Å². The van der Waals surface area contributed by atoms with Crippen LogP contribution >= 0.6 is 11.6 Å². The molecule has 0 bridgehead atoms. The second-order valence-electron chi connectivity index (χ2n) is 4.85. The summed E-state index contributed by atoms with van der Waals surface area (Å²) in [5.74, 6) is 0.153. The smallest absolute Gasteiger partial charge is 0.325 e. The molecule has 0 N–H and O–H groups in total. The highest BCUT2D eigenvalue weighted by Crippen LogP contribution is 2.39. The van der Waals surface area contributed by atoms with Crippen molar-refractivity contribution in [2.24, 2.45) is 0 Å². The molecule has 0 aromatic carbocycles. The van der Waals surface area contributed by atoms with Crippen molar-refractivity contribution in [3.8, 4) is 0 Å². The number of pyridine rings is 1. The Morgan fingerprint density at radius 3 is 3.15 bits per heavy atom. The van der Waals surface area contributed by atoms with Gasteiger partial charge in [-0.2, -0.15) is 0 Å². The first-order valence-corrected chi connectivity index (χ1v) is 6.80. The quantitative estimate of drug-likeness (QED) is 0.768. The standard InChI is InChI=1S/C13H14ClN3O3/c1-20-11(18)7-17-10-5-8(14)6-15-12(10)16-4-2-3-9(16)13(17)19/h5-6,9H,2-4,7H2,1H3. The molecule has 1 atom stereocenters. The number of fused-ring (bicyclic) bond motifs is 3. The molecule has 0 saturated carbocycles. The number of hydrogen-bond acceptors (Lipinski definition) is 5. The van der Waals surface area contributed by atoms with Gasteiger partial charge in [-0.05, 0) is 18.9 Å². The third-order valence-electron chi connectivity index (χ3n) is 3.70. The number of hydrogen-bond donors (Lipinski definition) is 0. The van der Waals surface area contributed by atoms with E-state index < -0.39 is 5.97 Å². The van der Waals surface area contributed by atoms with E-state index in [0.717, 1.165) is 19.4 Å². The predicted molar refractivity (Wildman–Crippen MR) is 74.0 cm³/mol. The summed E-state index contributed by atoms with van der Waals surface area (Å²) in [6.45, 7) is 0.679. The van der Waals surface area contributed by atoms with Gasteiger partial charge in [0.05, 0.1) is 17.8 Å². The largest absolute Gasteiger partial charge is 0.468 e. The number of halogens is 1. The zero-order valence-corrected chi connectivity index (χ0v) is 11.8. The lowest BCUT2D eigenvalue weighted by Crippen LogP contribution is -2.52. The minimum Gasteiger partial charge on any atom is -0.468 e. The van der Waals surface area contributed by atoms with Crippen molar-refractivity contribution in [3.05, 3.63) is 17.3 Å². The van der Waals surface area contributed by atoms with Gasteiger partial charge >= 0.3 is 5.97 Å². The van der Waals surface area contributed by atoms with Gasteiger partial charge < -0.3 is 9.64 Å². The molecule has 2 aliphatic heterocycles. The van der Waals surface area contributed by atoms with Crippen molar-refractivity contribution < 1.29 is 14.3 Å². The van der Waals surface area contributed by atoms with Crippen LogP contribution in [-0.4, -0.2) is 43.1 Å². The van der Waals surface area contributed by atoms with Gasteiger partial charge in [0, 0.05) is 12.7 Å². The fraction of sp³-hybridized carbons (Fsp3) is 0.462. The number of anilines is 2. The summed E-state index contributed by atoms with van der Waals surface area (Å²) >= 11 is 5.97. The minimum absolute atomic E-state index is 0.0931. The van der Waals surface area contributed by atoms with Crippen molar-refractivity contribution >= 4 is 35.0 Å². The van der Waals surface area contributed by atoms with Crippen molar-refractivity contribution in [2.45, 2.75) is 18.9 Å². The number of methoxy groups -OCH3 is 1. The topological polar surface area (TPSA) is 62.7 Å². The van der Waals surface area contributed by atoms with Crippen LogP contribution in [0.3, 0.4) is 0 Å². The lowest BCUT2D eigenvalue weighted by molar-refractivity contribution is -0.140. The Labute approximate surface area is 121 Å². The van der Waals surface area contributed by atoms with Crippen molar-refractivity contribution in [2.75, 3.05) is 30.0 Å². The van der Waals surface area contributed by atoms with Crippen LogP contribution in [-0.2, 0) is 14.3 Å². The Bertz CT molecular complexity index is 578. The predicted octanol–water partition coefficient (Wildman–Crippen LogP) is 1.22. The Kier molecular flexibility index (Phi) is 3.25. The highest BCUT2D eigenvalue weighted by Gasteiger charge is 2.42. The van der Waals surface area contributed by atoms with Crippen LogP contribution in [0.1, 0.15) is 12.8 Å². The first-order valence-electron chi connectivity index (χ1n) is 6.42. The van der Waals surface area contributed by atoms with E-state index in [1.54, 1.807) is 12.3 Å². The van der Waals surface area contributed by atoms with E-state index in [2.05, 4.69) is 9.72 Å². The third-order valence-corrected chi connectivity index (χ3v) is 3.90. The van der Waals surface area contributed by atoms with E-state index in [1.807, 2.05) is 4.90 Å². The maximum absolute atomic E-state index is 12.5. The molecule has 2 aliphatic rings. The molecule has 0 aliphatic carbocycles. The molecule has 106 valence electrons. The van der Waals surface area contributed by atoms with Gasteiger partial charge in [-0.15, -0.1) is 0 Å². The van der Waals surface area contributed by atoms with E-state index in [-0.39, 0.29) is 18.5 Å². The number of aromatic nitrogens is 1. The molecular weight excluding hydrogens is 282 g/mol. The Hall–Kier alpha value is -1.82. The fourth-order valence-corrected chi connectivity index (χ4v) is 2.93. The molecule has 1 amide bonds. The Morgan fingerprint density at radius 2 is 2.40 bits per heavy atom. The fourth-order valence-electron chi connectivity index (χ4n) is 2.77. The molecule has 0 radical (unpaired) electrons. The molecule has 7 heteroatoms. The minimum atomic E-state index is -0.462. The van der Waals surface area contributed by atoms with E-state index in [1.165, 1.54) is 12.0 Å². The normalized spacial score (nSPS) is 20.7. The highest BCUT2D eigenvalue weighted by atomic mass is 35.5. The van der Waals surface area contributed by atoms with Crippen molar-refractivity contribution in [1.82, 2.24) is 4.98 Å². The van der Waals surface area contributed by atoms with Crippen LogP contribution in [0.2, 0.25) is 5.02 Å². The van der Waals surface area contributed by atoms with Gasteiger partial charge in [-0.1, -0.05) is 11.6 Å².